The molecule has 0 radical (unpaired) electrons. The van der Waals surface area contributed by atoms with Crippen molar-refractivity contribution < 1.29 is 4.79 Å². The highest BCUT2D eigenvalue weighted by Gasteiger charge is 2.33. The van der Waals surface area contributed by atoms with Crippen LogP contribution in [0.1, 0.15) is 34.9 Å². The summed E-state index contributed by atoms with van der Waals surface area (Å²) in [6.45, 7) is 0. The molecular weight excluding hydrogens is 320 g/mol. The standard InChI is InChI=1S/C18H18N4OS/c1-22-10-14(9-19-22)18-20-15(11-24-18)17(23)21-16(13-7-8-13)12-5-3-2-4-6-12/h2-6,9-11,13,16H,7-8H2,1H3,(H,21,23)/t16-/m1/s1. The summed E-state index contributed by atoms with van der Waals surface area (Å²) in [5.41, 5.74) is 2.57. The Bertz CT molecular complexity index is 851. The van der Waals surface area contributed by atoms with Gasteiger partial charge < -0.3 is 5.32 Å². The molecule has 0 unspecified atom stereocenters. The predicted octanol–water partition coefficient (Wildman–Crippen LogP) is 3.42. The maximum absolute atomic E-state index is 12.6. The smallest absolute Gasteiger partial charge is 0.271 e. The lowest BCUT2D eigenvalue weighted by atomic mass is 10.0. The van der Waals surface area contributed by atoms with E-state index in [4.69, 9.17) is 0 Å². The molecule has 1 fully saturated rings. The highest BCUT2D eigenvalue weighted by molar-refractivity contribution is 7.13. The zero-order valence-electron chi connectivity index (χ0n) is 13.3. The molecule has 2 heterocycles. The van der Waals surface area contributed by atoms with E-state index in [1.165, 1.54) is 11.3 Å². The number of nitrogens with one attached hydrogen (secondary N) is 1. The molecule has 1 aliphatic carbocycles. The molecule has 1 atom stereocenters. The van der Waals surface area contributed by atoms with Gasteiger partial charge in [-0.1, -0.05) is 30.3 Å². The zero-order chi connectivity index (χ0) is 16.5. The van der Waals surface area contributed by atoms with Gasteiger partial charge in [0, 0.05) is 24.2 Å². The molecule has 5 nitrogen and oxygen atoms in total. The molecule has 0 spiro atoms. The maximum Gasteiger partial charge on any atom is 0.271 e. The third-order valence-corrected chi connectivity index (χ3v) is 5.12. The summed E-state index contributed by atoms with van der Waals surface area (Å²) in [4.78, 5) is 17.1. The van der Waals surface area contributed by atoms with Crippen molar-refractivity contribution in [3.05, 3.63) is 59.4 Å². The molecule has 0 aliphatic heterocycles. The molecule has 0 bridgehead atoms. The van der Waals surface area contributed by atoms with Gasteiger partial charge in [0.25, 0.3) is 5.91 Å². The fourth-order valence-corrected chi connectivity index (χ4v) is 3.60. The molecule has 6 heteroatoms. The first-order valence-corrected chi connectivity index (χ1v) is 8.89. The Balaban J connectivity index is 1.52. The van der Waals surface area contributed by atoms with Crippen molar-refractivity contribution in [1.82, 2.24) is 20.1 Å². The number of aromatic nitrogens is 3. The summed E-state index contributed by atoms with van der Waals surface area (Å²) in [5.74, 6) is 0.426. The lowest BCUT2D eigenvalue weighted by Crippen LogP contribution is -2.30. The van der Waals surface area contributed by atoms with Crippen LogP contribution in [0.5, 0.6) is 0 Å². The molecule has 0 saturated heterocycles. The van der Waals surface area contributed by atoms with E-state index in [1.807, 2.05) is 36.8 Å². The van der Waals surface area contributed by atoms with Gasteiger partial charge in [-0.3, -0.25) is 9.48 Å². The number of aryl methyl sites for hydroxylation is 1. The van der Waals surface area contributed by atoms with Gasteiger partial charge in [-0.15, -0.1) is 11.3 Å². The van der Waals surface area contributed by atoms with Crippen molar-refractivity contribution in [3.63, 3.8) is 0 Å². The van der Waals surface area contributed by atoms with Crippen LogP contribution in [0.25, 0.3) is 10.6 Å². The summed E-state index contributed by atoms with van der Waals surface area (Å²) in [6, 6.07) is 10.2. The third-order valence-electron chi connectivity index (χ3n) is 4.23. The number of rotatable bonds is 5. The zero-order valence-corrected chi connectivity index (χ0v) is 14.2. The SMILES string of the molecule is Cn1cc(-c2nc(C(=O)N[C@H](c3ccccc3)C3CC3)cs2)cn1. The van der Waals surface area contributed by atoms with Gasteiger partial charge in [0.15, 0.2) is 0 Å². The van der Waals surface area contributed by atoms with E-state index in [2.05, 4.69) is 27.5 Å². The second-order valence-corrected chi connectivity index (χ2v) is 7.00. The second kappa shape index (κ2) is 6.20. The van der Waals surface area contributed by atoms with Crippen molar-refractivity contribution >= 4 is 17.2 Å². The second-order valence-electron chi connectivity index (χ2n) is 6.14. The Morgan fingerprint density at radius 1 is 1.33 bits per heavy atom. The van der Waals surface area contributed by atoms with Gasteiger partial charge >= 0.3 is 0 Å². The Morgan fingerprint density at radius 2 is 2.12 bits per heavy atom. The lowest BCUT2D eigenvalue weighted by Gasteiger charge is -2.18. The van der Waals surface area contributed by atoms with E-state index in [9.17, 15) is 4.79 Å². The van der Waals surface area contributed by atoms with Crippen LogP contribution in [0.15, 0.2) is 48.1 Å². The molecule has 1 N–H and O–H groups in total. The number of nitrogens with zero attached hydrogens (tertiary/aromatic N) is 3. The van der Waals surface area contributed by atoms with Crippen molar-refractivity contribution in [3.8, 4) is 10.6 Å². The van der Waals surface area contributed by atoms with E-state index in [0.717, 1.165) is 29.0 Å². The molecule has 3 aromatic rings. The van der Waals surface area contributed by atoms with Crippen LogP contribution in [0.2, 0.25) is 0 Å². The summed E-state index contributed by atoms with van der Waals surface area (Å²) in [7, 11) is 1.87. The van der Waals surface area contributed by atoms with Crippen molar-refractivity contribution in [2.75, 3.05) is 0 Å². The van der Waals surface area contributed by atoms with Crippen molar-refractivity contribution in [1.29, 1.82) is 0 Å². The predicted molar refractivity (Wildman–Crippen MR) is 93.7 cm³/mol. The monoisotopic (exact) mass is 338 g/mol. The molecule has 1 aromatic carbocycles. The van der Waals surface area contributed by atoms with E-state index in [-0.39, 0.29) is 11.9 Å². The van der Waals surface area contributed by atoms with Crippen LogP contribution in [-0.4, -0.2) is 20.7 Å². The van der Waals surface area contributed by atoms with E-state index in [0.29, 0.717) is 11.6 Å². The summed E-state index contributed by atoms with van der Waals surface area (Å²) >= 11 is 1.47. The van der Waals surface area contributed by atoms with E-state index >= 15 is 0 Å². The highest BCUT2D eigenvalue weighted by atomic mass is 32.1. The molecule has 24 heavy (non-hydrogen) atoms. The molecule has 1 amide bonds. The van der Waals surface area contributed by atoms with Gasteiger partial charge in [-0.25, -0.2) is 4.98 Å². The Kier molecular flexibility index (Phi) is 3.90. The van der Waals surface area contributed by atoms with Crippen LogP contribution >= 0.6 is 11.3 Å². The Hall–Kier alpha value is -2.47. The largest absolute Gasteiger partial charge is 0.344 e. The maximum atomic E-state index is 12.6. The number of hydrogen-bond acceptors (Lipinski definition) is 4. The minimum Gasteiger partial charge on any atom is -0.344 e. The third kappa shape index (κ3) is 3.10. The Morgan fingerprint density at radius 3 is 2.79 bits per heavy atom. The quantitative estimate of drug-likeness (QED) is 0.775. The normalized spacial score (nSPS) is 15.2. The number of carbonyl (C=O) groups excluding carboxylic acids is 1. The summed E-state index contributed by atoms with van der Waals surface area (Å²) in [5, 5.41) is 9.94. The van der Waals surface area contributed by atoms with Crippen LogP contribution in [0.3, 0.4) is 0 Å². The van der Waals surface area contributed by atoms with Gasteiger partial charge in [0.05, 0.1) is 12.2 Å². The van der Waals surface area contributed by atoms with Gasteiger partial charge in [0.2, 0.25) is 0 Å². The highest BCUT2D eigenvalue weighted by Crippen LogP contribution is 2.41. The molecule has 122 valence electrons. The molecule has 2 aromatic heterocycles. The van der Waals surface area contributed by atoms with Gasteiger partial charge in [-0.05, 0) is 24.3 Å². The number of hydrogen-bond donors (Lipinski definition) is 1. The first-order valence-electron chi connectivity index (χ1n) is 8.01. The topological polar surface area (TPSA) is 59.8 Å². The first-order chi connectivity index (χ1) is 11.7. The molecule has 1 aliphatic rings. The van der Waals surface area contributed by atoms with Gasteiger partial charge in [-0.2, -0.15) is 5.10 Å². The Labute approximate surface area is 144 Å². The van der Waals surface area contributed by atoms with E-state index < -0.39 is 0 Å². The summed E-state index contributed by atoms with van der Waals surface area (Å²) in [6.07, 6.45) is 5.99. The van der Waals surface area contributed by atoms with Crippen LogP contribution in [0, 0.1) is 5.92 Å². The fourth-order valence-electron chi connectivity index (χ4n) is 2.82. The average molecular weight is 338 g/mol. The number of amides is 1. The first kappa shape index (κ1) is 15.1. The minimum atomic E-state index is -0.109. The number of carbonyl (C=O) groups is 1. The number of thiazole rings is 1. The molecular formula is C18H18N4OS. The number of benzene rings is 1. The molecule has 4 rings (SSSR count). The van der Waals surface area contributed by atoms with Crippen LogP contribution < -0.4 is 5.32 Å². The lowest BCUT2D eigenvalue weighted by molar-refractivity contribution is 0.0927. The van der Waals surface area contributed by atoms with Gasteiger partial charge in [0.1, 0.15) is 10.7 Å². The van der Waals surface area contributed by atoms with Crippen LogP contribution in [-0.2, 0) is 7.05 Å². The van der Waals surface area contributed by atoms with E-state index in [1.54, 1.807) is 10.9 Å². The van der Waals surface area contributed by atoms with Crippen LogP contribution in [0.4, 0.5) is 0 Å². The summed E-state index contributed by atoms with van der Waals surface area (Å²) < 4.78 is 1.73. The minimum absolute atomic E-state index is 0.0715. The fraction of sp³-hybridized carbons (Fsp3) is 0.278. The molecule has 1 saturated carbocycles. The van der Waals surface area contributed by atoms with Crippen molar-refractivity contribution in [2.24, 2.45) is 13.0 Å². The average Bonchev–Trinajstić information content (AvgIpc) is 3.14. The van der Waals surface area contributed by atoms with Crippen molar-refractivity contribution in [2.45, 2.75) is 18.9 Å².